The predicted molar refractivity (Wildman–Crippen MR) is 49.5 cm³/mol. The molecule has 0 saturated heterocycles. The first-order chi connectivity index (χ1) is 6.15. The van der Waals surface area contributed by atoms with Gasteiger partial charge in [0.25, 0.3) is 0 Å². The Hall–Kier alpha value is -0.280. The lowest BCUT2D eigenvalue weighted by atomic mass is 10.1. The van der Waals surface area contributed by atoms with Gasteiger partial charge in [-0.25, -0.2) is 0 Å². The Kier molecular flexibility index (Phi) is 2.24. The summed E-state index contributed by atoms with van der Waals surface area (Å²) in [5.41, 5.74) is 0. The zero-order valence-corrected chi connectivity index (χ0v) is 8.37. The van der Waals surface area contributed by atoms with Crippen LogP contribution in [-0.2, 0) is 4.79 Å². The minimum absolute atomic E-state index is 0.00898. The number of halogens is 1. The van der Waals surface area contributed by atoms with E-state index in [0.717, 1.165) is 12.8 Å². The number of aliphatic hydroxyl groups excluding tert-OH is 1. The molecule has 4 atom stereocenters. The van der Waals surface area contributed by atoms with E-state index in [0.29, 0.717) is 11.8 Å². The van der Waals surface area contributed by atoms with Gasteiger partial charge in [0.15, 0.2) is 0 Å². The van der Waals surface area contributed by atoms with Gasteiger partial charge in [-0.1, -0.05) is 0 Å². The van der Waals surface area contributed by atoms with Gasteiger partial charge in [0.2, 0.25) is 5.91 Å². The largest absolute Gasteiger partial charge is 0.391 e. The molecule has 2 saturated carbocycles. The van der Waals surface area contributed by atoms with Crippen LogP contribution < -0.4 is 0 Å². The van der Waals surface area contributed by atoms with Crippen LogP contribution in [0.3, 0.4) is 0 Å². The zero-order valence-electron chi connectivity index (χ0n) is 7.61. The van der Waals surface area contributed by atoms with E-state index in [1.807, 2.05) is 0 Å². The molecule has 3 nitrogen and oxygen atoms in total. The fourth-order valence-corrected chi connectivity index (χ4v) is 2.55. The summed E-state index contributed by atoms with van der Waals surface area (Å²) in [7, 11) is 1.73. The van der Waals surface area contributed by atoms with Gasteiger partial charge in [-0.2, -0.15) is 0 Å². The van der Waals surface area contributed by atoms with E-state index in [-0.39, 0.29) is 23.9 Å². The Morgan fingerprint density at radius 3 is 2.77 bits per heavy atom. The maximum Gasteiger partial charge on any atom is 0.237 e. The topological polar surface area (TPSA) is 40.5 Å². The quantitative estimate of drug-likeness (QED) is 0.663. The van der Waals surface area contributed by atoms with Crippen molar-refractivity contribution in [1.29, 1.82) is 0 Å². The highest BCUT2D eigenvalue weighted by Gasteiger charge is 2.54. The Labute approximate surface area is 82.7 Å². The highest BCUT2D eigenvalue weighted by molar-refractivity contribution is 6.27. The maximum absolute atomic E-state index is 11.2. The first-order valence-electron chi connectivity index (χ1n) is 4.65. The number of hydrogen-bond acceptors (Lipinski definition) is 2. The van der Waals surface area contributed by atoms with Crippen molar-refractivity contribution in [1.82, 2.24) is 4.90 Å². The van der Waals surface area contributed by atoms with Crippen molar-refractivity contribution in [2.75, 3.05) is 12.9 Å². The number of likely N-dealkylation sites (N-methyl/N-ethyl adjacent to an activating group) is 1. The SMILES string of the molecule is CN(C(=O)CCl)C1CC2CC2C1O. The van der Waals surface area contributed by atoms with Crippen molar-refractivity contribution in [2.24, 2.45) is 11.8 Å². The number of amides is 1. The number of alkyl halides is 1. The smallest absolute Gasteiger partial charge is 0.237 e. The van der Waals surface area contributed by atoms with Crippen molar-refractivity contribution in [3.63, 3.8) is 0 Å². The number of hydrogen-bond donors (Lipinski definition) is 1. The Morgan fingerprint density at radius 1 is 1.62 bits per heavy atom. The minimum atomic E-state index is -0.317. The van der Waals surface area contributed by atoms with E-state index in [9.17, 15) is 9.90 Å². The molecule has 74 valence electrons. The summed E-state index contributed by atoms with van der Waals surface area (Å²) >= 11 is 5.45. The van der Waals surface area contributed by atoms with Crippen molar-refractivity contribution >= 4 is 17.5 Å². The molecule has 1 amide bonds. The standard InChI is InChI=1S/C9H14ClNO2/c1-11(8(12)4-10)7-3-5-2-6(5)9(7)13/h5-7,9,13H,2-4H2,1H3. The lowest BCUT2D eigenvalue weighted by molar-refractivity contribution is -0.131. The molecule has 1 N–H and O–H groups in total. The molecule has 4 unspecified atom stereocenters. The van der Waals surface area contributed by atoms with Crippen LogP contribution in [0.25, 0.3) is 0 Å². The fraction of sp³-hybridized carbons (Fsp3) is 0.889. The first-order valence-corrected chi connectivity index (χ1v) is 5.18. The van der Waals surface area contributed by atoms with Crippen LogP contribution in [-0.4, -0.2) is 41.0 Å². The van der Waals surface area contributed by atoms with Gasteiger partial charge < -0.3 is 10.0 Å². The minimum Gasteiger partial charge on any atom is -0.391 e. The van der Waals surface area contributed by atoms with Crippen molar-refractivity contribution in [2.45, 2.75) is 25.0 Å². The molecule has 0 heterocycles. The molecule has 13 heavy (non-hydrogen) atoms. The average molecular weight is 204 g/mol. The summed E-state index contributed by atoms with van der Waals surface area (Å²) < 4.78 is 0. The summed E-state index contributed by atoms with van der Waals surface area (Å²) in [6.45, 7) is 0. The molecular weight excluding hydrogens is 190 g/mol. The normalized spacial score (nSPS) is 41.5. The van der Waals surface area contributed by atoms with E-state index in [2.05, 4.69) is 0 Å². The van der Waals surface area contributed by atoms with Crippen LogP contribution in [0.5, 0.6) is 0 Å². The molecule has 2 aliphatic rings. The number of nitrogens with zero attached hydrogens (tertiary/aromatic N) is 1. The van der Waals surface area contributed by atoms with Gasteiger partial charge in [0.1, 0.15) is 5.88 Å². The molecule has 2 rings (SSSR count). The Balaban J connectivity index is 1.97. The van der Waals surface area contributed by atoms with Crippen LogP contribution >= 0.6 is 11.6 Å². The monoisotopic (exact) mass is 203 g/mol. The number of carbonyl (C=O) groups is 1. The van der Waals surface area contributed by atoms with Crippen molar-refractivity contribution < 1.29 is 9.90 Å². The van der Waals surface area contributed by atoms with Gasteiger partial charge in [-0.15, -0.1) is 11.6 Å². The van der Waals surface area contributed by atoms with Gasteiger partial charge >= 0.3 is 0 Å². The third-order valence-corrected chi connectivity index (χ3v) is 3.59. The van der Waals surface area contributed by atoms with Crippen LogP contribution in [0.2, 0.25) is 0 Å². The second-order valence-corrected chi connectivity index (χ2v) is 4.36. The molecule has 0 spiro atoms. The summed E-state index contributed by atoms with van der Waals surface area (Å²) in [6, 6.07) is 0.00926. The van der Waals surface area contributed by atoms with E-state index >= 15 is 0 Å². The summed E-state index contributed by atoms with van der Waals surface area (Å²) in [6.07, 6.45) is 1.77. The molecule has 0 aromatic carbocycles. The molecular formula is C9H14ClNO2. The summed E-state index contributed by atoms with van der Waals surface area (Å²) in [5, 5.41) is 9.78. The van der Waals surface area contributed by atoms with Gasteiger partial charge in [-0.05, 0) is 24.7 Å². The number of aliphatic hydroxyl groups is 1. The lowest BCUT2D eigenvalue weighted by Crippen LogP contribution is -2.43. The van der Waals surface area contributed by atoms with Crippen LogP contribution in [0.15, 0.2) is 0 Å². The number of fused-ring (bicyclic) bond motifs is 1. The predicted octanol–water partition coefficient (Wildman–Crippen LogP) is 0.453. The molecule has 0 bridgehead atoms. The molecule has 0 aromatic heterocycles. The fourth-order valence-electron chi connectivity index (χ4n) is 2.36. The molecule has 4 heteroatoms. The summed E-state index contributed by atoms with van der Waals surface area (Å²) in [4.78, 5) is 12.8. The molecule has 0 aliphatic heterocycles. The second kappa shape index (κ2) is 3.14. The zero-order chi connectivity index (χ0) is 9.59. The van der Waals surface area contributed by atoms with Gasteiger partial charge in [0.05, 0.1) is 12.1 Å². The summed E-state index contributed by atoms with van der Waals surface area (Å²) in [5.74, 6) is 1.03. The average Bonchev–Trinajstić information content (AvgIpc) is 2.84. The number of carbonyl (C=O) groups excluding carboxylic acids is 1. The maximum atomic E-state index is 11.2. The van der Waals surface area contributed by atoms with Crippen molar-refractivity contribution in [3.05, 3.63) is 0 Å². The first kappa shape index (κ1) is 9.28. The van der Waals surface area contributed by atoms with Crippen LogP contribution in [0.1, 0.15) is 12.8 Å². The second-order valence-electron chi connectivity index (χ2n) is 4.09. The molecule has 2 fully saturated rings. The van der Waals surface area contributed by atoms with Crippen LogP contribution in [0.4, 0.5) is 0 Å². The third-order valence-electron chi connectivity index (χ3n) is 3.36. The highest BCUT2D eigenvalue weighted by atomic mass is 35.5. The Bertz CT molecular complexity index is 234. The van der Waals surface area contributed by atoms with E-state index in [4.69, 9.17) is 11.6 Å². The lowest BCUT2D eigenvalue weighted by Gasteiger charge is -2.28. The van der Waals surface area contributed by atoms with Gasteiger partial charge in [0, 0.05) is 7.05 Å². The van der Waals surface area contributed by atoms with E-state index in [1.54, 1.807) is 11.9 Å². The third kappa shape index (κ3) is 1.44. The van der Waals surface area contributed by atoms with E-state index in [1.165, 1.54) is 0 Å². The number of rotatable bonds is 2. The van der Waals surface area contributed by atoms with E-state index < -0.39 is 0 Å². The highest BCUT2D eigenvalue weighted by Crippen LogP contribution is 2.52. The molecule has 0 aromatic rings. The van der Waals surface area contributed by atoms with Crippen LogP contribution in [0, 0.1) is 11.8 Å². The molecule has 2 aliphatic carbocycles. The van der Waals surface area contributed by atoms with Gasteiger partial charge in [-0.3, -0.25) is 4.79 Å². The Morgan fingerprint density at radius 2 is 2.31 bits per heavy atom. The van der Waals surface area contributed by atoms with Crippen molar-refractivity contribution in [3.8, 4) is 0 Å². The molecule has 0 radical (unpaired) electrons.